The van der Waals surface area contributed by atoms with Gasteiger partial charge < -0.3 is 0 Å². The Hall–Kier alpha value is -3.80. The largest absolute Gasteiger partial charge is 0.273 e. The quantitative estimate of drug-likeness (QED) is 0.399. The average molecular weight is 373 g/mol. The third-order valence-electron chi connectivity index (χ3n) is 4.40. The van der Waals surface area contributed by atoms with E-state index in [9.17, 15) is 14.9 Å². The Kier molecular flexibility index (Phi) is 5.60. The number of rotatable bonds is 5. The summed E-state index contributed by atoms with van der Waals surface area (Å²) in [6, 6.07) is 22.2. The Labute approximate surface area is 162 Å². The van der Waals surface area contributed by atoms with Gasteiger partial charge in [0.1, 0.15) is 0 Å². The fourth-order valence-electron chi connectivity index (χ4n) is 2.75. The number of hydrogen-bond donors (Lipinski definition) is 1. The van der Waals surface area contributed by atoms with Crippen molar-refractivity contribution in [1.29, 1.82) is 0 Å². The molecule has 6 nitrogen and oxygen atoms in total. The molecule has 0 aliphatic rings. The molecule has 0 bridgehead atoms. The van der Waals surface area contributed by atoms with Crippen LogP contribution in [-0.2, 0) is 0 Å². The Morgan fingerprint density at radius 3 is 2.18 bits per heavy atom. The lowest BCUT2D eigenvalue weighted by atomic mass is 10.0. The lowest BCUT2D eigenvalue weighted by molar-refractivity contribution is -0.385. The number of nitrogens with zero attached hydrogens (tertiary/aromatic N) is 2. The lowest BCUT2D eigenvalue weighted by Crippen LogP contribution is -2.19. The molecule has 3 aromatic rings. The number of carbonyl (C=O) groups is 1. The summed E-state index contributed by atoms with van der Waals surface area (Å²) >= 11 is 0. The van der Waals surface area contributed by atoms with Crippen molar-refractivity contribution in [3.05, 3.63) is 99.6 Å². The number of carbonyl (C=O) groups excluding carboxylic acids is 1. The minimum absolute atomic E-state index is 0.0927. The Morgan fingerprint density at radius 1 is 0.929 bits per heavy atom. The molecule has 0 heterocycles. The van der Waals surface area contributed by atoms with E-state index >= 15 is 0 Å². The Morgan fingerprint density at radius 2 is 1.54 bits per heavy atom. The highest BCUT2D eigenvalue weighted by Crippen LogP contribution is 2.20. The average Bonchev–Trinajstić information content (AvgIpc) is 2.72. The van der Waals surface area contributed by atoms with E-state index in [2.05, 4.69) is 10.5 Å². The summed E-state index contributed by atoms with van der Waals surface area (Å²) in [5, 5.41) is 15.1. The molecule has 3 aromatic carbocycles. The zero-order valence-electron chi connectivity index (χ0n) is 15.5. The Balaban J connectivity index is 1.73. The van der Waals surface area contributed by atoms with Gasteiger partial charge in [-0.25, -0.2) is 5.43 Å². The minimum atomic E-state index is -0.505. The number of nitrogens with one attached hydrogen (secondary N) is 1. The van der Waals surface area contributed by atoms with Crippen LogP contribution in [0.1, 0.15) is 28.4 Å². The third-order valence-corrected chi connectivity index (χ3v) is 4.40. The van der Waals surface area contributed by atoms with E-state index in [1.165, 1.54) is 12.1 Å². The molecule has 1 N–H and O–H groups in total. The van der Waals surface area contributed by atoms with Crippen molar-refractivity contribution in [1.82, 2.24) is 5.43 Å². The van der Waals surface area contributed by atoms with Crippen LogP contribution in [0.2, 0.25) is 0 Å². The molecular weight excluding hydrogens is 354 g/mol. The molecule has 0 fully saturated rings. The van der Waals surface area contributed by atoms with Gasteiger partial charge in [-0.3, -0.25) is 14.9 Å². The summed E-state index contributed by atoms with van der Waals surface area (Å²) in [4.78, 5) is 22.8. The van der Waals surface area contributed by atoms with Crippen LogP contribution in [0.25, 0.3) is 11.1 Å². The number of aryl methyl sites for hydroxylation is 1. The summed E-state index contributed by atoms with van der Waals surface area (Å²) in [5.41, 5.74) is 6.77. The van der Waals surface area contributed by atoms with Gasteiger partial charge in [-0.1, -0.05) is 60.7 Å². The van der Waals surface area contributed by atoms with Crippen molar-refractivity contribution < 1.29 is 9.72 Å². The molecule has 0 saturated carbocycles. The molecule has 0 aliphatic carbocycles. The molecule has 0 aliphatic heterocycles. The number of nitro benzene ring substituents is 1. The van der Waals surface area contributed by atoms with Crippen LogP contribution in [0, 0.1) is 17.0 Å². The summed E-state index contributed by atoms with van der Waals surface area (Å²) in [7, 11) is 0. The van der Waals surface area contributed by atoms with Gasteiger partial charge in [-0.05, 0) is 36.6 Å². The molecule has 0 unspecified atom stereocenters. The van der Waals surface area contributed by atoms with Gasteiger partial charge in [0, 0.05) is 17.2 Å². The number of amides is 1. The first-order valence-corrected chi connectivity index (χ1v) is 8.71. The fourth-order valence-corrected chi connectivity index (χ4v) is 2.75. The van der Waals surface area contributed by atoms with Gasteiger partial charge in [0.25, 0.3) is 11.6 Å². The van der Waals surface area contributed by atoms with E-state index in [0.717, 1.165) is 16.7 Å². The number of nitro groups is 1. The SMILES string of the molecule is C/C(=N\NC(=O)c1ccc(C)c([N+](=O)[O-])c1)c1ccc(-c2ccccc2)cc1. The first-order valence-electron chi connectivity index (χ1n) is 8.71. The van der Waals surface area contributed by atoms with Crippen molar-refractivity contribution in [2.45, 2.75) is 13.8 Å². The van der Waals surface area contributed by atoms with Crippen molar-refractivity contribution in [2.24, 2.45) is 5.10 Å². The second-order valence-corrected chi connectivity index (χ2v) is 6.34. The van der Waals surface area contributed by atoms with E-state index in [0.29, 0.717) is 11.3 Å². The van der Waals surface area contributed by atoms with Crippen LogP contribution in [0.5, 0.6) is 0 Å². The van der Waals surface area contributed by atoms with Gasteiger partial charge in [-0.15, -0.1) is 0 Å². The van der Waals surface area contributed by atoms with Gasteiger partial charge in [0.2, 0.25) is 0 Å². The maximum Gasteiger partial charge on any atom is 0.273 e. The van der Waals surface area contributed by atoms with Crippen molar-refractivity contribution in [3.63, 3.8) is 0 Å². The van der Waals surface area contributed by atoms with Gasteiger partial charge in [0.05, 0.1) is 10.6 Å². The number of benzene rings is 3. The zero-order valence-corrected chi connectivity index (χ0v) is 15.5. The van der Waals surface area contributed by atoms with E-state index in [4.69, 9.17) is 0 Å². The molecule has 3 rings (SSSR count). The first kappa shape index (κ1) is 19.0. The second-order valence-electron chi connectivity index (χ2n) is 6.34. The predicted octanol–water partition coefficient (Wildman–Crippen LogP) is 4.72. The molecular formula is C22H19N3O3. The molecule has 0 spiro atoms. The maximum atomic E-state index is 12.3. The monoisotopic (exact) mass is 373 g/mol. The molecule has 140 valence electrons. The van der Waals surface area contributed by atoms with Gasteiger partial charge in [0.15, 0.2) is 0 Å². The summed E-state index contributed by atoms with van der Waals surface area (Å²) in [5.74, 6) is -0.497. The van der Waals surface area contributed by atoms with Crippen LogP contribution in [-0.4, -0.2) is 16.5 Å². The van der Waals surface area contributed by atoms with Crippen molar-refractivity contribution in [2.75, 3.05) is 0 Å². The normalized spacial score (nSPS) is 11.1. The van der Waals surface area contributed by atoms with Crippen molar-refractivity contribution >= 4 is 17.3 Å². The highest BCUT2D eigenvalue weighted by Gasteiger charge is 2.14. The number of hydrazone groups is 1. The van der Waals surface area contributed by atoms with E-state index < -0.39 is 10.8 Å². The van der Waals surface area contributed by atoms with Gasteiger partial charge in [-0.2, -0.15) is 5.10 Å². The minimum Gasteiger partial charge on any atom is -0.267 e. The van der Waals surface area contributed by atoms with E-state index in [1.54, 1.807) is 19.9 Å². The highest BCUT2D eigenvalue weighted by atomic mass is 16.6. The first-order chi connectivity index (χ1) is 13.5. The lowest BCUT2D eigenvalue weighted by Gasteiger charge is -2.06. The van der Waals surface area contributed by atoms with Crippen LogP contribution in [0.3, 0.4) is 0 Å². The Bertz CT molecular complexity index is 1040. The highest BCUT2D eigenvalue weighted by molar-refractivity contribution is 6.01. The van der Waals surface area contributed by atoms with Crippen LogP contribution < -0.4 is 5.43 Å². The van der Waals surface area contributed by atoms with Crippen LogP contribution in [0.15, 0.2) is 77.9 Å². The summed E-state index contributed by atoms with van der Waals surface area (Å²) in [6.45, 7) is 3.41. The molecule has 0 aromatic heterocycles. The molecule has 1 amide bonds. The molecule has 0 atom stereocenters. The van der Waals surface area contributed by atoms with Crippen molar-refractivity contribution in [3.8, 4) is 11.1 Å². The van der Waals surface area contributed by atoms with Crippen LogP contribution in [0.4, 0.5) is 5.69 Å². The summed E-state index contributed by atoms with van der Waals surface area (Å²) in [6.07, 6.45) is 0. The molecule has 6 heteroatoms. The predicted molar refractivity (Wildman–Crippen MR) is 109 cm³/mol. The van der Waals surface area contributed by atoms with Gasteiger partial charge >= 0.3 is 0 Å². The fraction of sp³-hybridized carbons (Fsp3) is 0.0909. The zero-order chi connectivity index (χ0) is 20.1. The number of hydrogen-bond acceptors (Lipinski definition) is 4. The molecule has 0 saturated heterocycles. The third kappa shape index (κ3) is 4.29. The van der Waals surface area contributed by atoms with Crippen LogP contribution >= 0.6 is 0 Å². The molecule has 28 heavy (non-hydrogen) atoms. The topological polar surface area (TPSA) is 84.6 Å². The standard InChI is InChI=1S/C22H19N3O3/c1-15-8-9-20(14-21(15)25(27)28)22(26)24-23-16(2)17-10-12-19(13-11-17)18-6-4-3-5-7-18/h3-14H,1-2H3,(H,24,26)/b23-16+. The van der Waals surface area contributed by atoms with E-state index in [-0.39, 0.29) is 11.3 Å². The second kappa shape index (κ2) is 8.26. The maximum absolute atomic E-state index is 12.3. The molecule has 0 radical (unpaired) electrons. The van der Waals surface area contributed by atoms with E-state index in [1.807, 2.05) is 54.6 Å². The smallest absolute Gasteiger partial charge is 0.267 e. The summed E-state index contributed by atoms with van der Waals surface area (Å²) < 4.78 is 0.